The summed E-state index contributed by atoms with van der Waals surface area (Å²) in [5.41, 5.74) is -9.50. The predicted octanol–water partition coefficient (Wildman–Crippen LogP) is 3.39. The van der Waals surface area contributed by atoms with Gasteiger partial charge in [-0.1, -0.05) is 0 Å². The maximum absolute atomic E-state index is 14.5. The van der Waals surface area contributed by atoms with Gasteiger partial charge in [0.2, 0.25) is 0 Å². The summed E-state index contributed by atoms with van der Waals surface area (Å²) in [6.45, 7) is 0. The van der Waals surface area contributed by atoms with Crippen LogP contribution >= 0.6 is 0 Å². The Labute approximate surface area is 279 Å². The van der Waals surface area contributed by atoms with Crippen molar-refractivity contribution in [2.45, 2.75) is 149 Å². The summed E-state index contributed by atoms with van der Waals surface area (Å²) in [4.78, 5) is 55.1. The molecule has 264 valence electrons. The Morgan fingerprint density at radius 3 is 1.44 bits per heavy atom. The van der Waals surface area contributed by atoms with Crippen LogP contribution in [-0.2, 0) is 38.1 Å². The first kappa shape index (κ1) is 31.7. The zero-order chi connectivity index (χ0) is 33.8. The van der Waals surface area contributed by atoms with Gasteiger partial charge < -0.3 is 39.0 Å². The van der Waals surface area contributed by atoms with Crippen molar-refractivity contribution in [2.75, 3.05) is 14.2 Å². The van der Waals surface area contributed by atoms with Crippen LogP contribution in [0.15, 0.2) is 0 Å². The monoisotopic (exact) mass is 672 g/mol. The number of methoxy groups -OCH3 is 2. The van der Waals surface area contributed by atoms with E-state index < -0.39 is 73.9 Å². The number of aliphatic hydroxyl groups is 3. The van der Waals surface area contributed by atoms with Crippen molar-refractivity contribution in [3.8, 4) is 0 Å². The zero-order valence-electron chi connectivity index (χ0n) is 28.0. The van der Waals surface area contributed by atoms with Crippen molar-refractivity contribution >= 4 is 24.1 Å². The summed E-state index contributed by atoms with van der Waals surface area (Å²) in [5, 5.41) is 34.8. The molecular weight excluding hydrogens is 624 g/mol. The number of hydrogen-bond acceptors (Lipinski definition) is 12. The highest BCUT2D eigenvalue weighted by atomic mass is 16.7. The third-order valence-corrected chi connectivity index (χ3v) is 14.7. The van der Waals surface area contributed by atoms with Crippen molar-refractivity contribution < 1.29 is 58.2 Å². The van der Waals surface area contributed by atoms with Gasteiger partial charge in [-0.05, 0) is 101 Å². The molecular formula is C36H48O12. The molecule has 48 heavy (non-hydrogen) atoms. The van der Waals surface area contributed by atoms with E-state index in [0.717, 1.165) is 6.42 Å². The Balaban J connectivity index is 0.972. The first-order valence-electron chi connectivity index (χ1n) is 17.9. The standard InChI is InChI=1S/C36H48O12/c1-44-27(40)48-35-10-22-5-30(16-35,15-32(42,7-22)18-35)25(38)46-24(37)28-3-21-4-29(12-28,14-31(41,6-21)13-28)26(39)47-36-11-23-8-33(43,19-36)17-34(9-23,20-36)45-2/h21-23,41-43H,3-20H2,1-2H3. The van der Waals surface area contributed by atoms with E-state index in [0.29, 0.717) is 70.6 Å². The molecule has 0 heterocycles. The Morgan fingerprint density at radius 1 is 0.479 bits per heavy atom. The van der Waals surface area contributed by atoms with Crippen molar-refractivity contribution in [3.05, 3.63) is 0 Å². The van der Waals surface area contributed by atoms with Crippen LogP contribution < -0.4 is 0 Å². The van der Waals surface area contributed by atoms with Gasteiger partial charge >= 0.3 is 24.1 Å². The van der Waals surface area contributed by atoms with E-state index in [9.17, 15) is 34.5 Å². The quantitative estimate of drug-likeness (QED) is 0.213. The number of rotatable bonds is 6. The second-order valence-electron chi connectivity index (χ2n) is 18.9. The van der Waals surface area contributed by atoms with Crippen molar-refractivity contribution in [1.29, 1.82) is 0 Å². The van der Waals surface area contributed by atoms with Crippen LogP contribution in [-0.4, -0.2) is 87.2 Å². The second-order valence-corrected chi connectivity index (χ2v) is 18.9. The van der Waals surface area contributed by atoms with Gasteiger partial charge in [0.05, 0.1) is 45.8 Å². The average molecular weight is 673 g/mol. The number of esters is 3. The number of ether oxygens (including phenoxy) is 5. The van der Waals surface area contributed by atoms with Crippen molar-refractivity contribution in [2.24, 2.45) is 34.0 Å². The molecule has 0 saturated heterocycles. The van der Waals surface area contributed by atoms with Gasteiger partial charge in [0, 0.05) is 39.2 Å². The fraction of sp³-hybridized carbons (Fsp3) is 0.889. The van der Waals surface area contributed by atoms with E-state index in [4.69, 9.17) is 23.7 Å². The van der Waals surface area contributed by atoms with Crippen LogP contribution in [0.4, 0.5) is 4.79 Å². The highest BCUT2D eigenvalue weighted by Crippen LogP contribution is 2.70. The molecule has 0 amide bonds. The lowest BCUT2D eigenvalue weighted by Crippen LogP contribution is -2.69. The summed E-state index contributed by atoms with van der Waals surface area (Å²) < 4.78 is 28.7. The van der Waals surface area contributed by atoms with Crippen LogP contribution in [0.25, 0.3) is 0 Å². The molecule has 12 rings (SSSR count). The zero-order valence-corrected chi connectivity index (χ0v) is 28.0. The number of carbonyl (C=O) groups is 4. The molecule has 0 spiro atoms. The molecule has 12 atom stereocenters. The molecule has 12 unspecified atom stereocenters. The largest absolute Gasteiger partial charge is 0.508 e. The van der Waals surface area contributed by atoms with Gasteiger partial charge in [-0.15, -0.1) is 0 Å². The molecule has 12 fully saturated rings. The fourth-order valence-corrected chi connectivity index (χ4v) is 14.9. The van der Waals surface area contributed by atoms with E-state index in [1.807, 2.05) is 0 Å². The minimum atomic E-state index is -1.28. The van der Waals surface area contributed by atoms with E-state index in [-0.39, 0.29) is 56.3 Å². The maximum atomic E-state index is 14.5. The minimum absolute atomic E-state index is 0.0863. The molecule has 12 aliphatic rings. The normalized spacial score (nSPS) is 54.6. The summed E-state index contributed by atoms with van der Waals surface area (Å²) in [6.07, 6.45) is 6.31. The molecule has 12 heteroatoms. The second kappa shape index (κ2) is 9.33. The van der Waals surface area contributed by atoms with Crippen LogP contribution in [0, 0.1) is 34.0 Å². The lowest BCUT2D eigenvalue weighted by molar-refractivity contribution is -0.278. The van der Waals surface area contributed by atoms with E-state index in [2.05, 4.69) is 0 Å². The SMILES string of the molecule is COC(=O)OC12CC3CC(O)(C1)CC(C(=O)OC(=O)C14CC5CC(O)(C1)CC(C(=O)OC16CC7CC(O)(CC(OC)(C7)C1)C6)(C5)C4)(C3)C2. The lowest BCUT2D eigenvalue weighted by Gasteiger charge is -2.65. The van der Waals surface area contributed by atoms with Crippen LogP contribution in [0.3, 0.4) is 0 Å². The molecule has 12 aliphatic carbocycles. The van der Waals surface area contributed by atoms with Gasteiger partial charge in [0.25, 0.3) is 0 Å². The first-order chi connectivity index (χ1) is 22.4. The third-order valence-electron chi connectivity index (χ3n) is 14.7. The maximum Gasteiger partial charge on any atom is 0.508 e. The third kappa shape index (κ3) is 4.46. The molecule has 0 radical (unpaired) electrons. The Hall–Kier alpha value is -2.28. The highest BCUT2D eigenvalue weighted by Gasteiger charge is 2.73. The summed E-state index contributed by atoms with van der Waals surface area (Å²) in [6, 6.07) is 0. The molecule has 0 aromatic heterocycles. The average Bonchev–Trinajstić information content (AvgIpc) is 2.92. The highest BCUT2D eigenvalue weighted by molar-refractivity contribution is 5.93. The van der Waals surface area contributed by atoms with E-state index >= 15 is 0 Å². The van der Waals surface area contributed by atoms with Crippen molar-refractivity contribution in [1.82, 2.24) is 0 Å². The summed E-state index contributed by atoms with van der Waals surface area (Å²) in [7, 11) is 2.87. The molecule has 0 aliphatic heterocycles. The molecule has 0 aromatic carbocycles. The van der Waals surface area contributed by atoms with E-state index in [1.54, 1.807) is 7.11 Å². The smallest absolute Gasteiger partial charge is 0.458 e. The van der Waals surface area contributed by atoms with Crippen molar-refractivity contribution in [3.63, 3.8) is 0 Å². The van der Waals surface area contributed by atoms with Crippen LogP contribution in [0.1, 0.15) is 116 Å². The number of hydrogen-bond donors (Lipinski definition) is 3. The van der Waals surface area contributed by atoms with Gasteiger partial charge in [-0.2, -0.15) is 0 Å². The molecule has 3 N–H and O–H groups in total. The van der Waals surface area contributed by atoms with Gasteiger partial charge in [0.1, 0.15) is 11.2 Å². The Bertz CT molecular complexity index is 1510. The van der Waals surface area contributed by atoms with E-state index in [1.165, 1.54) is 7.11 Å². The predicted molar refractivity (Wildman–Crippen MR) is 162 cm³/mol. The molecule has 0 aromatic rings. The fourth-order valence-electron chi connectivity index (χ4n) is 14.9. The lowest BCUT2D eigenvalue weighted by atomic mass is 9.42. The molecule has 12 saturated carbocycles. The summed E-state index contributed by atoms with van der Waals surface area (Å²) >= 11 is 0. The first-order valence-corrected chi connectivity index (χ1v) is 17.9. The molecule has 12 nitrogen and oxygen atoms in total. The Morgan fingerprint density at radius 2 is 0.917 bits per heavy atom. The Kier molecular flexibility index (Phi) is 6.16. The summed E-state index contributed by atoms with van der Waals surface area (Å²) in [5.74, 6) is -1.93. The molecule has 12 bridgehead atoms. The number of carbonyl (C=O) groups excluding carboxylic acids is 4. The minimum Gasteiger partial charge on any atom is -0.458 e. The van der Waals surface area contributed by atoms with Gasteiger partial charge in [0.15, 0.2) is 0 Å². The topological polar surface area (TPSA) is 175 Å². The van der Waals surface area contributed by atoms with Gasteiger partial charge in [-0.3, -0.25) is 14.4 Å². The van der Waals surface area contributed by atoms with Crippen LogP contribution in [0.5, 0.6) is 0 Å². The van der Waals surface area contributed by atoms with Gasteiger partial charge in [-0.25, -0.2) is 4.79 Å². The van der Waals surface area contributed by atoms with Crippen LogP contribution in [0.2, 0.25) is 0 Å².